The molecule has 6 heteroatoms. The van der Waals surface area contributed by atoms with E-state index < -0.39 is 6.10 Å². The average molecular weight is 1060 g/mol. The van der Waals surface area contributed by atoms with Gasteiger partial charge in [0.2, 0.25) is 0 Å². The van der Waals surface area contributed by atoms with E-state index in [9.17, 15) is 14.4 Å². The number of rotatable bonds is 61. The second kappa shape index (κ2) is 64.6. The minimum atomic E-state index is -0.785. The van der Waals surface area contributed by atoms with Crippen molar-refractivity contribution in [2.45, 2.75) is 354 Å². The minimum Gasteiger partial charge on any atom is -0.462 e. The topological polar surface area (TPSA) is 78.9 Å². The first kappa shape index (κ1) is 73.1. The van der Waals surface area contributed by atoms with Crippen LogP contribution in [0.25, 0.3) is 0 Å². The molecule has 0 radical (unpaired) electrons. The molecule has 0 saturated carbocycles. The summed E-state index contributed by atoms with van der Waals surface area (Å²) in [5.74, 6) is -0.885. The van der Waals surface area contributed by atoms with Gasteiger partial charge in [-0.05, 0) is 83.5 Å². The van der Waals surface area contributed by atoms with Crippen molar-refractivity contribution in [1.82, 2.24) is 0 Å². The predicted molar refractivity (Wildman–Crippen MR) is 330 cm³/mol. The number of ether oxygens (including phenoxy) is 3. The molecule has 0 heterocycles. The van der Waals surface area contributed by atoms with Crippen LogP contribution in [0.15, 0.2) is 60.8 Å². The molecular formula is C70H126O6. The normalized spacial score (nSPS) is 12.4. The molecule has 0 fully saturated rings. The van der Waals surface area contributed by atoms with Gasteiger partial charge in [0, 0.05) is 19.3 Å². The summed E-state index contributed by atoms with van der Waals surface area (Å²) in [6, 6.07) is 0. The standard InChI is InChI=1S/C70H126O6/c1-4-7-10-13-16-19-22-25-27-29-31-32-33-34-35-36-37-38-40-41-43-45-48-51-54-57-60-63-69(72)75-66-67(65-74-68(71)62-59-56-53-50-47-24-21-18-15-12-9-6-3)76-70(73)64-61-58-55-52-49-46-44-42-39-30-28-26-23-20-17-14-11-8-5-2/h8,11,17-18,20-21,26,28,39,42,67H,4-7,9-10,12-16,19,22-25,27,29-38,40-41,43-66H2,1-3H3/b11-8-,20-17-,21-18-,28-26-,42-39-. The third kappa shape index (κ3) is 62.0. The van der Waals surface area contributed by atoms with Gasteiger partial charge in [-0.15, -0.1) is 0 Å². The van der Waals surface area contributed by atoms with Crippen LogP contribution < -0.4 is 0 Å². The van der Waals surface area contributed by atoms with E-state index in [0.717, 1.165) is 103 Å². The third-order valence-electron chi connectivity index (χ3n) is 14.8. The Bertz CT molecular complexity index is 1360. The predicted octanol–water partition coefficient (Wildman–Crippen LogP) is 22.7. The molecule has 0 aromatic heterocycles. The molecular weight excluding hydrogens is 937 g/mol. The number of esters is 3. The summed E-state index contributed by atoms with van der Waals surface area (Å²) >= 11 is 0. The van der Waals surface area contributed by atoms with Gasteiger partial charge in [-0.2, -0.15) is 0 Å². The second-order valence-corrected chi connectivity index (χ2v) is 22.4. The van der Waals surface area contributed by atoms with Crippen molar-refractivity contribution >= 4 is 17.9 Å². The molecule has 76 heavy (non-hydrogen) atoms. The molecule has 0 bridgehead atoms. The lowest BCUT2D eigenvalue weighted by Gasteiger charge is -2.18. The van der Waals surface area contributed by atoms with E-state index in [4.69, 9.17) is 14.2 Å². The van der Waals surface area contributed by atoms with Crippen LogP contribution in [0, 0.1) is 0 Å². The van der Waals surface area contributed by atoms with Crippen molar-refractivity contribution < 1.29 is 28.6 Å². The second-order valence-electron chi connectivity index (χ2n) is 22.4. The smallest absolute Gasteiger partial charge is 0.306 e. The molecule has 0 amide bonds. The highest BCUT2D eigenvalue weighted by molar-refractivity contribution is 5.71. The molecule has 0 aliphatic rings. The zero-order chi connectivity index (χ0) is 55.0. The highest BCUT2D eigenvalue weighted by Gasteiger charge is 2.19. The molecule has 0 aliphatic carbocycles. The van der Waals surface area contributed by atoms with E-state index in [1.165, 1.54) is 205 Å². The van der Waals surface area contributed by atoms with E-state index in [-0.39, 0.29) is 31.1 Å². The Balaban J connectivity index is 4.22. The molecule has 0 aromatic rings. The van der Waals surface area contributed by atoms with Crippen molar-refractivity contribution in [3.63, 3.8) is 0 Å². The van der Waals surface area contributed by atoms with Gasteiger partial charge in [-0.25, -0.2) is 0 Å². The molecule has 0 N–H and O–H groups in total. The summed E-state index contributed by atoms with van der Waals surface area (Å²) in [6.45, 7) is 6.53. The Morgan fingerprint density at radius 2 is 0.513 bits per heavy atom. The minimum absolute atomic E-state index is 0.0797. The van der Waals surface area contributed by atoms with Crippen LogP contribution in [-0.4, -0.2) is 37.2 Å². The fourth-order valence-electron chi connectivity index (χ4n) is 9.79. The van der Waals surface area contributed by atoms with Crippen LogP contribution in [0.2, 0.25) is 0 Å². The maximum atomic E-state index is 12.9. The quantitative estimate of drug-likeness (QED) is 0.0261. The number of carbonyl (C=O) groups is 3. The third-order valence-corrected chi connectivity index (χ3v) is 14.8. The summed E-state index contributed by atoms with van der Waals surface area (Å²) < 4.78 is 16.9. The van der Waals surface area contributed by atoms with Crippen LogP contribution in [-0.2, 0) is 28.6 Å². The van der Waals surface area contributed by atoms with Crippen LogP contribution >= 0.6 is 0 Å². The van der Waals surface area contributed by atoms with Crippen molar-refractivity contribution in [2.75, 3.05) is 13.2 Å². The molecule has 442 valence electrons. The average Bonchev–Trinajstić information content (AvgIpc) is 3.42. The summed E-state index contributed by atoms with van der Waals surface area (Å²) in [4.78, 5) is 38.3. The molecule has 0 rings (SSSR count). The molecule has 0 saturated heterocycles. The summed E-state index contributed by atoms with van der Waals surface area (Å²) in [6.07, 6.45) is 82.5. The number of hydrogen-bond donors (Lipinski definition) is 0. The van der Waals surface area contributed by atoms with Crippen LogP contribution in [0.1, 0.15) is 348 Å². The largest absolute Gasteiger partial charge is 0.462 e. The van der Waals surface area contributed by atoms with Gasteiger partial charge in [-0.1, -0.05) is 306 Å². The molecule has 6 nitrogen and oxygen atoms in total. The van der Waals surface area contributed by atoms with Crippen LogP contribution in [0.5, 0.6) is 0 Å². The van der Waals surface area contributed by atoms with E-state index in [1.807, 2.05) is 0 Å². The highest BCUT2D eigenvalue weighted by atomic mass is 16.6. The van der Waals surface area contributed by atoms with E-state index >= 15 is 0 Å². The fourth-order valence-corrected chi connectivity index (χ4v) is 9.79. The summed E-state index contributed by atoms with van der Waals surface area (Å²) in [7, 11) is 0. The van der Waals surface area contributed by atoms with Gasteiger partial charge in [0.15, 0.2) is 6.10 Å². The monoisotopic (exact) mass is 1060 g/mol. The first-order chi connectivity index (χ1) is 37.5. The maximum absolute atomic E-state index is 12.9. The number of allylic oxidation sites excluding steroid dienone is 10. The number of carbonyl (C=O) groups excluding carboxylic acids is 3. The Morgan fingerprint density at radius 1 is 0.276 bits per heavy atom. The van der Waals surface area contributed by atoms with Gasteiger partial charge in [0.05, 0.1) is 0 Å². The number of unbranched alkanes of at least 4 members (excludes halogenated alkanes) is 40. The van der Waals surface area contributed by atoms with Gasteiger partial charge >= 0.3 is 17.9 Å². The Hall–Kier alpha value is -2.89. The molecule has 0 aromatic carbocycles. The Morgan fingerprint density at radius 3 is 0.842 bits per heavy atom. The van der Waals surface area contributed by atoms with Gasteiger partial charge in [0.1, 0.15) is 13.2 Å². The first-order valence-corrected chi connectivity index (χ1v) is 33.3. The Labute approximate surface area is 472 Å². The summed E-state index contributed by atoms with van der Waals surface area (Å²) in [5.41, 5.74) is 0. The molecule has 1 unspecified atom stereocenters. The lowest BCUT2D eigenvalue weighted by Crippen LogP contribution is -2.30. The SMILES string of the molecule is CC/C=C\C/C=C\C/C=C\C/C=C\CCCCCCCCC(=O)OC(COC(=O)CCCCCCC/C=C\CCCCC)COC(=O)CCCCCCCCCCCCCCCCCCCCCCCCCCCCC. The van der Waals surface area contributed by atoms with Crippen LogP contribution in [0.4, 0.5) is 0 Å². The molecule has 1 atom stereocenters. The lowest BCUT2D eigenvalue weighted by molar-refractivity contribution is -0.167. The lowest BCUT2D eigenvalue weighted by atomic mass is 10.0. The first-order valence-electron chi connectivity index (χ1n) is 33.3. The van der Waals surface area contributed by atoms with E-state index in [0.29, 0.717) is 19.3 Å². The zero-order valence-corrected chi connectivity index (χ0v) is 50.8. The van der Waals surface area contributed by atoms with Gasteiger partial charge in [-0.3, -0.25) is 14.4 Å². The molecule has 0 spiro atoms. The van der Waals surface area contributed by atoms with Gasteiger partial charge in [0.25, 0.3) is 0 Å². The Kier molecular flexibility index (Phi) is 62.2. The fraction of sp³-hybridized carbons (Fsp3) is 0.814. The van der Waals surface area contributed by atoms with E-state index in [2.05, 4.69) is 81.5 Å². The zero-order valence-electron chi connectivity index (χ0n) is 50.8. The van der Waals surface area contributed by atoms with Crippen molar-refractivity contribution in [3.05, 3.63) is 60.8 Å². The summed E-state index contributed by atoms with van der Waals surface area (Å²) in [5, 5.41) is 0. The van der Waals surface area contributed by atoms with Crippen molar-refractivity contribution in [3.8, 4) is 0 Å². The van der Waals surface area contributed by atoms with Crippen molar-refractivity contribution in [1.29, 1.82) is 0 Å². The molecule has 0 aliphatic heterocycles. The number of hydrogen-bond acceptors (Lipinski definition) is 6. The maximum Gasteiger partial charge on any atom is 0.306 e. The van der Waals surface area contributed by atoms with Crippen molar-refractivity contribution in [2.24, 2.45) is 0 Å². The van der Waals surface area contributed by atoms with E-state index in [1.54, 1.807) is 0 Å². The van der Waals surface area contributed by atoms with Gasteiger partial charge < -0.3 is 14.2 Å². The van der Waals surface area contributed by atoms with Crippen LogP contribution in [0.3, 0.4) is 0 Å². The highest BCUT2D eigenvalue weighted by Crippen LogP contribution is 2.18.